The van der Waals surface area contributed by atoms with Crippen LogP contribution in [0.25, 0.3) is 0 Å². The largest absolute Gasteiger partial charge is 0.488 e. The van der Waals surface area contributed by atoms with Crippen LogP contribution in [0.3, 0.4) is 0 Å². The van der Waals surface area contributed by atoms with Gasteiger partial charge in [0, 0.05) is 10.0 Å². The first kappa shape index (κ1) is 14.5. The molecule has 19 heavy (non-hydrogen) atoms. The molecule has 0 aliphatic carbocycles. The third-order valence-electron chi connectivity index (χ3n) is 2.50. The Labute approximate surface area is 134 Å². The number of hydrogen-bond donors (Lipinski definition) is 1. The Morgan fingerprint density at radius 1 is 1.16 bits per heavy atom. The van der Waals surface area contributed by atoms with Crippen molar-refractivity contribution in [2.75, 3.05) is 0 Å². The predicted octanol–water partition coefficient (Wildman–Crippen LogP) is 4.42. The van der Waals surface area contributed by atoms with Gasteiger partial charge in [0.05, 0.1) is 4.47 Å². The lowest BCUT2D eigenvalue weighted by atomic mass is 10.1. The highest BCUT2D eigenvalue weighted by Crippen LogP contribution is 2.28. The van der Waals surface area contributed by atoms with Gasteiger partial charge >= 0.3 is 0 Å². The van der Waals surface area contributed by atoms with E-state index in [1.165, 1.54) is 0 Å². The summed E-state index contributed by atoms with van der Waals surface area (Å²) in [6, 6.07) is 13.5. The van der Waals surface area contributed by atoms with E-state index < -0.39 is 0 Å². The molecule has 0 atom stereocenters. The molecule has 0 aliphatic heterocycles. The average Bonchev–Trinajstić information content (AvgIpc) is 2.38. The second kappa shape index (κ2) is 6.50. The molecule has 0 radical (unpaired) electrons. The van der Waals surface area contributed by atoms with Crippen LogP contribution in [0, 0.1) is 0 Å². The van der Waals surface area contributed by atoms with E-state index in [2.05, 4.69) is 31.9 Å². The van der Waals surface area contributed by atoms with Gasteiger partial charge in [0.1, 0.15) is 17.3 Å². The van der Waals surface area contributed by atoms with Gasteiger partial charge in [-0.15, -0.1) is 0 Å². The number of rotatable bonds is 4. The van der Waals surface area contributed by atoms with Crippen LogP contribution in [0.4, 0.5) is 0 Å². The molecule has 0 spiro atoms. The molecule has 98 valence electrons. The Morgan fingerprint density at radius 3 is 2.63 bits per heavy atom. The molecule has 0 saturated heterocycles. The molecule has 0 amide bonds. The minimum atomic E-state index is 0.395. The van der Waals surface area contributed by atoms with E-state index in [0.29, 0.717) is 11.6 Å². The first-order valence-corrected chi connectivity index (χ1v) is 7.52. The number of ether oxygens (including phenoxy) is 1. The SMILES string of the molecule is NC(=S)c1cccc(COc2ccc(Br)cc2Br)c1. The summed E-state index contributed by atoms with van der Waals surface area (Å²) in [7, 11) is 0. The van der Waals surface area contributed by atoms with E-state index in [4.69, 9.17) is 22.7 Å². The molecular formula is C14H11Br2NOS. The van der Waals surface area contributed by atoms with Crippen LogP contribution in [-0.2, 0) is 6.61 Å². The van der Waals surface area contributed by atoms with E-state index >= 15 is 0 Å². The molecule has 2 rings (SSSR count). The van der Waals surface area contributed by atoms with Crippen molar-refractivity contribution in [3.05, 3.63) is 62.5 Å². The number of thiocarbonyl (C=S) groups is 1. The second-order valence-electron chi connectivity index (χ2n) is 3.93. The second-order valence-corrected chi connectivity index (χ2v) is 6.14. The van der Waals surface area contributed by atoms with Crippen LogP contribution in [-0.4, -0.2) is 4.99 Å². The van der Waals surface area contributed by atoms with Crippen molar-refractivity contribution in [1.82, 2.24) is 0 Å². The smallest absolute Gasteiger partial charge is 0.134 e. The standard InChI is InChI=1S/C14H11Br2NOS/c15-11-4-5-13(12(16)7-11)18-8-9-2-1-3-10(6-9)14(17)19/h1-7H,8H2,(H2,17,19). The van der Waals surface area contributed by atoms with Gasteiger partial charge in [-0.2, -0.15) is 0 Å². The minimum Gasteiger partial charge on any atom is -0.488 e. The monoisotopic (exact) mass is 399 g/mol. The Balaban J connectivity index is 2.10. The molecule has 0 bridgehead atoms. The summed E-state index contributed by atoms with van der Waals surface area (Å²) in [5.74, 6) is 0.795. The Kier molecular flexibility index (Phi) is 4.96. The molecule has 0 aromatic heterocycles. The molecule has 0 saturated carbocycles. The highest BCUT2D eigenvalue weighted by molar-refractivity contribution is 9.11. The van der Waals surface area contributed by atoms with Crippen LogP contribution in [0.5, 0.6) is 5.75 Å². The van der Waals surface area contributed by atoms with Crippen molar-refractivity contribution in [3.63, 3.8) is 0 Å². The maximum atomic E-state index is 5.76. The molecule has 5 heteroatoms. The maximum Gasteiger partial charge on any atom is 0.134 e. The number of halogens is 2. The number of nitrogens with two attached hydrogens (primary N) is 1. The van der Waals surface area contributed by atoms with Crippen LogP contribution in [0.2, 0.25) is 0 Å². The van der Waals surface area contributed by atoms with E-state index in [1.54, 1.807) is 0 Å². The fourth-order valence-corrected chi connectivity index (χ4v) is 2.86. The molecule has 2 aromatic rings. The molecule has 2 N–H and O–H groups in total. The van der Waals surface area contributed by atoms with Crippen molar-refractivity contribution >= 4 is 49.1 Å². The van der Waals surface area contributed by atoms with Gasteiger partial charge in [0.25, 0.3) is 0 Å². The Bertz CT molecular complexity index is 616. The Morgan fingerprint density at radius 2 is 1.95 bits per heavy atom. The van der Waals surface area contributed by atoms with Gasteiger partial charge in [-0.05, 0) is 45.8 Å². The molecular weight excluding hydrogens is 390 g/mol. The summed E-state index contributed by atoms with van der Waals surface area (Å²) >= 11 is 11.8. The summed E-state index contributed by atoms with van der Waals surface area (Å²) in [6.07, 6.45) is 0. The minimum absolute atomic E-state index is 0.395. The summed E-state index contributed by atoms with van der Waals surface area (Å²) in [6.45, 7) is 0.469. The number of hydrogen-bond acceptors (Lipinski definition) is 2. The zero-order valence-electron chi connectivity index (χ0n) is 9.90. The van der Waals surface area contributed by atoms with Gasteiger partial charge in [-0.1, -0.05) is 46.3 Å². The van der Waals surface area contributed by atoms with Gasteiger partial charge in [0.15, 0.2) is 0 Å². The van der Waals surface area contributed by atoms with E-state index in [0.717, 1.165) is 25.8 Å². The van der Waals surface area contributed by atoms with Gasteiger partial charge in [0.2, 0.25) is 0 Å². The molecule has 0 heterocycles. The highest BCUT2D eigenvalue weighted by Gasteiger charge is 2.03. The van der Waals surface area contributed by atoms with Crippen molar-refractivity contribution in [2.45, 2.75) is 6.61 Å². The zero-order valence-corrected chi connectivity index (χ0v) is 13.9. The third-order valence-corrected chi connectivity index (χ3v) is 3.85. The summed E-state index contributed by atoms with van der Waals surface area (Å²) in [4.78, 5) is 0.395. The fraction of sp³-hybridized carbons (Fsp3) is 0.0714. The summed E-state index contributed by atoms with van der Waals surface area (Å²) in [5.41, 5.74) is 7.49. The topological polar surface area (TPSA) is 35.2 Å². The average molecular weight is 401 g/mol. The predicted molar refractivity (Wildman–Crippen MR) is 88.5 cm³/mol. The molecule has 0 aliphatic rings. The molecule has 2 aromatic carbocycles. The van der Waals surface area contributed by atoms with E-state index in [1.807, 2.05) is 42.5 Å². The summed E-state index contributed by atoms with van der Waals surface area (Å²) < 4.78 is 7.67. The van der Waals surface area contributed by atoms with E-state index in [-0.39, 0.29) is 0 Å². The van der Waals surface area contributed by atoms with Gasteiger partial charge in [-0.3, -0.25) is 0 Å². The van der Waals surface area contributed by atoms with Crippen LogP contribution >= 0.6 is 44.1 Å². The summed E-state index contributed by atoms with van der Waals surface area (Å²) in [5, 5.41) is 0. The first-order chi connectivity index (χ1) is 9.06. The molecule has 2 nitrogen and oxygen atoms in total. The lowest BCUT2D eigenvalue weighted by molar-refractivity contribution is 0.304. The quantitative estimate of drug-likeness (QED) is 0.771. The Hall–Kier alpha value is -0.910. The van der Waals surface area contributed by atoms with Crippen LogP contribution in [0.1, 0.15) is 11.1 Å². The molecule has 0 fully saturated rings. The number of benzene rings is 2. The van der Waals surface area contributed by atoms with Gasteiger partial charge in [-0.25, -0.2) is 0 Å². The van der Waals surface area contributed by atoms with E-state index in [9.17, 15) is 0 Å². The van der Waals surface area contributed by atoms with Gasteiger partial charge < -0.3 is 10.5 Å². The lowest BCUT2D eigenvalue weighted by Crippen LogP contribution is -2.09. The van der Waals surface area contributed by atoms with Crippen molar-refractivity contribution in [1.29, 1.82) is 0 Å². The third kappa shape index (κ3) is 4.03. The lowest BCUT2D eigenvalue weighted by Gasteiger charge is -2.09. The highest BCUT2D eigenvalue weighted by atomic mass is 79.9. The van der Waals surface area contributed by atoms with Crippen LogP contribution < -0.4 is 10.5 Å². The zero-order chi connectivity index (χ0) is 13.8. The van der Waals surface area contributed by atoms with Crippen LogP contribution in [0.15, 0.2) is 51.4 Å². The fourth-order valence-electron chi connectivity index (χ4n) is 1.57. The van der Waals surface area contributed by atoms with Crippen molar-refractivity contribution in [2.24, 2.45) is 5.73 Å². The maximum absolute atomic E-state index is 5.76. The van der Waals surface area contributed by atoms with Crippen molar-refractivity contribution in [3.8, 4) is 5.75 Å². The molecule has 0 unspecified atom stereocenters. The van der Waals surface area contributed by atoms with Crippen molar-refractivity contribution < 1.29 is 4.74 Å². The first-order valence-electron chi connectivity index (χ1n) is 5.53. The normalized spacial score (nSPS) is 10.2.